The fraction of sp³-hybridized carbons (Fsp3) is 0.214. The van der Waals surface area contributed by atoms with Gasteiger partial charge in [-0.1, -0.05) is 17.7 Å². The summed E-state index contributed by atoms with van der Waals surface area (Å²) in [7, 11) is 0. The molecule has 0 saturated heterocycles. The summed E-state index contributed by atoms with van der Waals surface area (Å²) in [4.78, 5) is 27.0. The highest BCUT2D eigenvalue weighted by Gasteiger charge is 2.11. The topological polar surface area (TPSA) is 61.2 Å². The molecule has 0 N–H and O–H groups in total. The Hall–Kier alpha value is -2.14. The van der Waals surface area contributed by atoms with Crippen molar-refractivity contribution < 1.29 is 9.53 Å². The van der Waals surface area contributed by atoms with Crippen LogP contribution in [-0.2, 0) is 11.3 Å². The molecular formula is C14H13ClN2O3. The lowest BCUT2D eigenvalue weighted by molar-refractivity contribution is 0.0495. The van der Waals surface area contributed by atoms with Crippen molar-refractivity contribution in [1.82, 2.24) is 9.55 Å². The Morgan fingerprint density at radius 1 is 1.30 bits per heavy atom. The number of nitrogens with zero attached hydrogens (tertiary/aromatic N) is 2. The predicted octanol–water partition coefficient (Wildman–Crippen LogP) is 2.14. The second-order valence-electron chi connectivity index (χ2n) is 4.06. The lowest BCUT2D eigenvalue weighted by Crippen LogP contribution is -2.19. The number of rotatable bonds is 5. The average Bonchev–Trinajstić information content (AvgIpc) is 2.45. The standard InChI is InChI=1S/C14H13ClN2O3/c15-13-11(5-3-7-16-13)14(19)20-10-4-9-17-8-2-1-6-12(17)18/h1-3,5-8H,4,9-10H2. The first-order chi connectivity index (χ1) is 9.68. The highest BCUT2D eigenvalue weighted by molar-refractivity contribution is 6.32. The van der Waals surface area contributed by atoms with Gasteiger partial charge in [0.15, 0.2) is 0 Å². The molecule has 2 aromatic rings. The minimum absolute atomic E-state index is 0.0749. The number of pyridine rings is 2. The Balaban J connectivity index is 1.82. The Morgan fingerprint density at radius 3 is 2.90 bits per heavy atom. The van der Waals surface area contributed by atoms with Crippen LogP contribution in [0.3, 0.4) is 0 Å². The molecule has 0 aliphatic carbocycles. The van der Waals surface area contributed by atoms with Crippen molar-refractivity contribution in [1.29, 1.82) is 0 Å². The maximum Gasteiger partial charge on any atom is 0.341 e. The van der Waals surface area contributed by atoms with Gasteiger partial charge in [-0.2, -0.15) is 0 Å². The lowest BCUT2D eigenvalue weighted by Gasteiger charge is -2.07. The van der Waals surface area contributed by atoms with E-state index in [-0.39, 0.29) is 22.9 Å². The molecule has 104 valence electrons. The molecule has 0 amide bonds. The molecule has 0 aromatic carbocycles. The zero-order valence-electron chi connectivity index (χ0n) is 10.7. The van der Waals surface area contributed by atoms with Gasteiger partial charge in [-0.05, 0) is 24.6 Å². The van der Waals surface area contributed by atoms with E-state index in [4.69, 9.17) is 16.3 Å². The smallest absolute Gasteiger partial charge is 0.341 e. The molecule has 0 atom stereocenters. The minimum atomic E-state index is -0.511. The number of carbonyl (C=O) groups is 1. The van der Waals surface area contributed by atoms with Crippen LogP contribution in [0.2, 0.25) is 5.15 Å². The molecule has 0 radical (unpaired) electrons. The van der Waals surface area contributed by atoms with Gasteiger partial charge in [-0.15, -0.1) is 0 Å². The number of halogens is 1. The van der Waals surface area contributed by atoms with Gasteiger partial charge in [0, 0.05) is 25.0 Å². The number of aryl methyl sites for hydroxylation is 1. The van der Waals surface area contributed by atoms with Gasteiger partial charge in [0.2, 0.25) is 5.56 Å². The largest absolute Gasteiger partial charge is 0.462 e. The predicted molar refractivity (Wildman–Crippen MR) is 74.8 cm³/mol. The minimum Gasteiger partial charge on any atom is -0.462 e. The Bertz CT molecular complexity index is 655. The average molecular weight is 293 g/mol. The highest BCUT2D eigenvalue weighted by atomic mass is 35.5. The second kappa shape index (κ2) is 6.86. The highest BCUT2D eigenvalue weighted by Crippen LogP contribution is 2.12. The summed E-state index contributed by atoms with van der Waals surface area (Å²) in [5.74, 6) is -0.511. The Labute approximate surface area is 120 Å². The molecule has 2 heterocycles. The first kappa shape index (κ1) is 14.3. The number of hydrogen-bond acceptors (Lipinski definition) is 4. The lowest BCUT2D eigenvalue weighted by atomic mass is 10.3. The molecule has 2 rings (SSSR count). The van der Waals surface area contributed by atoms with Crippen LogP contribution in [0.4, 0.5) is 0 Å². The van der Waals surface area contributed by atoms with Crippen LogP contribution in [0.25, 0.3) is 0 Å². The van der Waals surface area contributed by atoms with E-state index in [9.17, 15) is 9.59 Å². The summed E-state index contributed by atoms with van der Waals surface area (Å²) in [6, 6.07) is 8.12. The van der Waals surface area contributed by atoms with Crippen LogP contribution in [0.5, 0.6) is 0 Å². The number of hydrogen-bond donors (Lipinski definition) is 0. The van der Waals surface area contributed by atoms with Crippen molar-refractivity contribution in [2.24, 2.45) is 0 Å². The SMILES string of the molecule is O=C(OCCCn1ccccc1=O)c1cccnc1Cl. The third-order valence-corrected chi connectivity index (χ3v) is 2.96. The molecular weight excluding hydrogens is 280 g/mol. The van der Waals surface area contributed by atoms with Crippen LogP contribution in [0.1, 0.15) is 16.8 Å². The molecule has 0 fully saturated rings. The third kappa shape index (κ3) is 3.68. The number of ether oxygens (including phenoxy) is 1. The van der Waals surface area contributed by atoms with Crippen molar-refractivity contribution in [3.63, 3.8) is 0 Å². The summed E-state index contributed by atoms with van der Waals surface area (Å²) < 4.78 is 6.65. The van der Waals surface area contributed by atoms with Gasteiger partial charge < -0.3 is 9.30 Å². The first-order valence-corrected chi connectivity index (χ1v) is 6.49. The molecule has 20 heavy (non-hydrogen) atoms. The zero-order chi connectivity index (χ0) is 14.4. The summed E-state index contributed by atoms with van der Waals surface area (Å²) in [6.07, 6.45) is 3.75. The molecule has 2 aromatic heterocycles. The summed E-state index contributed by atoms with van der Waals surface area (Å²) in [5.41, 5.74) is 0.167. The third-order valence-electron chi connectivity index (χ3n) is 2.65. The van der Waals surface area contributed by atoms with E-state index < -0.39 is 5.97 Å². The van der Waals surface area contributed by atoms with E-state index in [1.807, 2.05) is 0 Å². The quantitative estimate of drug-likeness (QED) is 0.481. The van der Waals surface area contributed by atoms with Crippen molar-refractivity contribution in [2.75, 3.05) is 6.61 Å². The van der Waals surface area contributed by atoms with E-state index in [2.05, 4.69) is 4.98 Å². The molecule has 6 heteroatoms. The monoisotopic (exact) mass is 292 g/mol. The molecule has 0 aliphatic rings. The van der Waals surface area contributed by atoms with Gasteiger partial charge >= 0.3 is 5.97 Å². The molecule has 0 aliphatic heterocycles. The van der Waals surface area contributed by atoms with Crippen molar-refractivity contribution in [2.45, 2.75) is 13.0 Å². The van der Waals surface area contributed by atoms with Crippen LogP contribution in [0.15, 0.2) is 47.5 Å². The van der Waals surface area contributed by atoms with E-state index >= 15 is 0 Å². The van der Waals surface area contributed by atoms with E-state index in [0.717, 1.165) is 0 Å². The van der Waals surface area contributed by atoms with E-state index in [0.29, 0.717) is 13.0 Å². The fourth-order valence-electron chi connectivity index (χ4n) is 1.66. The fourth-order valence-corrected chi connectivity index (χ4v) is 1.86. The van der Waals surface area contributed by atoms with Crippen LogP contribution < -0.4 is 5.56 Å². The number of carbonyl (C=O) groups excluding carboxylic acids is 1. The van der Waals surface area contributed by atoms with Crippen LogP contribution in [-0.4, -0.2) is 22.1 Å². The van der Waals surface area contributed by atoms with Crippen molar-refractivity contribution in [3.8, 4) is 0 Å². The maximum absolute atomic E-state index is 11.7. The Kier molecular flexibility index (Phi) is 4.90. The van der Waals surface area contributed by atoms with Gasteiger partial charge in [-0.3, -0.25) is 4.79 Å². The number of esters is 1. The molecule has 0 saturated carbocycles. The molecule has 0 unspecified atom stereocenters. The summed E-state index contributed by atoms with van der Waals surface area (Å²) >= 11 is 5.79. The van der Waals surface area contributed by atoms with E-state index in [1.165, 1.54) is 12.3 Å². The Morgan fingerprint density at radius 2 is 2.15 bits per heavy atom. The van der Waals surface area contributed by atoms with Crippen LogP contribution in [0, 0.1) is 0 Å². The van der Waals surface area contributed by atoms with Gasteiger partial charge in [0.25, 0.3) is 0 Å². The second-order valence-corrected chi connectivity index (χ2v) is 4.42. The van der Waals surface area contributed by atoms with Crippen LogP contribution >= 0.6 is 11.6 Å². The maximum atomic E-state index is 11.7. The van der Waals surface area contributed by atoms with Crippen molar-refractivity contribution >= 4 is 17.6 Å². The van der Waals surface area contributed by atoms with Gasteiger partial charge in [0.1, 0.15) is 5.15 Å². The molecule has 5 nitrogen and oxygen atoms in total. The zero-order valence-corrected chi connectivity index (χ0v) is 11.4. The summed E-state index contributed by atoms with van der Waals surface area (Å²) in [5, 5.41) is 0.122. The molecule has 0 spiro atoms. The first-order valence-electron chi connectivity index (χ1n) is 6.11. The number of aromatic nitrogens is 2. The molecule has 0 bridgehead atoms. The normalized spacial score (nSPS) is 10.2. The van der Waals surface area contributed by atoms with Gasteiger partial charge in [-0.25, -0.2) is 9.78 Å². The van der Waals surface area contributed by atoms with E-state index in [1.54, 1.807) is 35.0 Å². The summed E-state index contributed by atoms with van der Waals surface area (Å²) in [6.45, 7) is 0.707. The van der Waals surface area contributed by atoms with Gasteiger partial charge in [0.05, 0.1) is 12.2 Å². The van der Waals surface area contributed by atoms with Crippen molar-refractivity contribution in [3.05, 3.63) is 63.8 Å².